The Balaban J connectivity index is 0. The molecular formula is C7H16ClNO3. The van der Waals surface area contributed by atoms with Crippen molar-refractivity contribution in [3.05, 3.63) is 0 Å². The maximum absolute atomic E-state index is 10.8. The van der Waals surface area contributed by atoms with Crippen molar-refractivity contribution in [1.29, 1.82) is 0 Å². The Morgan fingerprint density at radius 2 is 2.00 bits per heavy atom. The standard InChI is InChI=1S/C7H15NO3.ClH/c1-5(10-3)4-11-7(9)6(2)8;/h5-6H,4,8H2,1-3H3;1H/t5?,6-;/m0./s1. The average Bonchev–Trinajstić information content (AvgIpc) is 1.99. The lowest BCUT2D eigenvalue weighted by atomic mass is 10.4. The monoisotopic (exact) mass is 197 g/mol. The molecule has 0 fully saturated rings. The van der Waals surface area contributed by atoms with E-state index in [-0.39, 0.29) is 25.1 Å². The van der Waals surface area contributed by atoms with Gasteiger partial charge in [0.1, 0.15) is 12.6 Å². The molecule has 74 valence electrons. The van der Waals surface area contributed by atoms with Crippen LogP contribution in [0.25, 0.3) is 0 Å². The molecule has 5 heteroatoms. The predicted molar refractivity (Wildman–Crippen MR) is 48.3 cm³/mol. The molecule has 0 aliphatic rings. The Hall–Kier alpha value is -0.320. The van der Waals surface area contributed by atoms with Gasteiger partial charge in [0, 0.05) is 7.11 Å². The van der Waals surface area contributed by atoms with Gasteiger partial charge in [-0.05, 0) is 13.8 Å². The third-order valence-corrected chi connectivity index (χ3v) is 1.23. The van der Waals surface area contributed by atoms with Gasteiger partial charge in [-0.2, -0.15) is 0 Å². The molecule has 0 bridgehead atoms. The second kappa shape index (κ2) is 7.34. The van der Waals surface area contributed by atoms with Crippen LogP contribution in [0.15, 0.2) is 0 Å². The van der Waals surface area contributed by atoms with Gasteiger partial charge < -0.3 is 15.2 Å². The third-order valence-electron chi connectivity index (χ3n) is 1.23. The van der Waals surface area contributed by atoms with Crippen LogP contribution in [0.2, 0.25) is 0 Å². The Morgan fingerprint density at radius 1 is 1.50 bits per heavy atom. The molecule has 0 aromatic heterocycles. The van der Waals surface area contributed by atoms with Crippen LogP contribution in [0.5, 0.6) is 0 Å². The highest BCUT2D eigenvalue weighted by Gasteiger charge is 2.09. The summed E-state index contributed by atoms with van der Waals surface area (Å²) in [5.74, 6) is -0.395. The lowest BCUT2D eigenvalue weighted by Gasteiger charge is -2.11. The molecule has 0 heterocycles. The maximum atomic E-state index is 10.8. The molecule has 0 aliphatic carbocycles. The van der Waals surface area contributed by atoms with Crippen molar-refractivity contribution in [2.24, 2.45) is 5.73 Å². The number of nitrogens with two attached hydrogens (primary N) is 1. The number of methoxy groups -OCH3 is 1. The molecule has 12 heavy (non-hydrogen) atoms. The van der Waals surface area contributed by atoms with E-state index in [1.807, 2.05) is 6.92 Å². The summed E-state index contributed by atoms with van der Waals surface area (Å²) in [5, 5.41) is 0. The summed E-state index contributed by atoms with van der Waals surface area (Å²) >= 11 is 0. The molecule has 0 saturated heterocycles. The van der Waals surface area contributed by atoms with Crippen LogP contribution in [0.3, 0.4) is 0 Å². The van der Waals surface area contributed by atoms with Crippen LogP contribution in [-0.4, -0.2) is 31.8 Å². The summed E-state index contributed by atoms with van der Waals surface area (Å²) in [6.07, 6.45) is -0.0716. The first-order valence-corrected chi connectivity index (χ1v) is 3.53. The number of hydrogen-bond acceptors (Lipinski definition) is 4. The highest BCUT2D eigenvalue weighted by Crippen LogP contribution is 1.91. The van der Waals surface area contributed by atoms with Crippen LogP contribution in [0, 0.1) is 0 Å². The molecule has 0 aromatic rings. The molecule has 0 radical (unpaired) electrons. The molecule has 1 unspecified atom stereocenters. The molecule has 0 rings (SSSR count). The SMILES string of the molecule is COC(C)COC(=O)[C@H](C)N.Cl. The summed E-state index contributed by atoms with van der Waals surface area (Å²) in [5.41, 5.74) is 5.25. The lowest BCUT2D eigenvalue weighted by Crippen LogP contribution is -2.31. The molecule has 2 N–H and O–H groups in total. The van der Waals surface area contributed by atoms with Crippen molar-refractivity contribution < 1.29 is 14.3 Å². The second-order valence-electron chi connectivity index (χ2n) is 2.47. The molecule has 4 nitrogen and oxygen atoms in total. The van der Waals surface area contributed by atoms with E-state index in [1.165, 1.54) is 0 Å². The molecule has 0 spiro atoms. The molecular weight excluding hydrogens is 182 g/mol. The molecule has 2 atom stereocenters. The Morgan fingerprint density at radius 3 is 2.33 bits per heavy atom. The zero-order chi connectivity index (χ0) is 8.85. The van der Waals surface area contributed by atoms with Crippen molar-refractivity contribution in [2.75, 3.05) is 13.7 Å². The Bertz CT molecular complexity index is 130. The summed E-state index contributed by atoms with van der Waals surface area (Å²) in [4.78, 5) is 10.8. The summed E-state index contributed by atoms with van der Waals surface area (Å²) < 4.78 is 9.63. The molecule has 0 saturated carbocycles. The van der Waals surface area contributed by atoms with Gasteiger partial charge in [-0.1, -0.05) is 0 Å². The van der Waals surface area contributed by atoms with E-state index in [9.17, 15) is 4.79 Å². The minimum absolute atomic E-state index is 0. The fourth-order valence-electron chi connectivity index (χ4n) is 0.399. The van der Waals surface area contributed by atoms with Crippen molar-refractivity contribution >= 4 is 18.4 Å². The molecule has 0 amide bonds. The van der Waals surface area contributed by atoms with Crippen molar-refractivity contribution in [1.82, 2.24) is 0 Å². The zero-order valence-corrected chi connectivity index (χ0v) is 8.39. The highest BCUT2D eigenvalue weighted by atomic mass is 35.5. The van der Waals surface area contributed by atoms with E-state index < -0.39 is 12.0 Å². The van der Waals surface area contributed by atoms with E-state index in [1.54, 1.807) is 14.0 Å². The normalized spacial score (nSPS) is 14.3. The molecule has 0 aromatic carbocycles. The fraction of sp³-hybridized carbons (Fsp3) is 0.857. The van der Waals surface area contributed by atoms with Crippen molar-refractivity contribution in [2.45, 2.75) is 26.0 Å². The first kappa shape index (κ1) is 14.2. The smallest absolute Gasteiger partial charge is 0.322 e. The summed E-state index contributed by atoms with van der Waals surface area (Å²) in [6, 6.07) is -0.556. The number of ether oxygens (including phenoxy) is 2. The van der Waals surface area contributed by atoms with Gasteiger partial charge in [0.2, 0.25) is 0 Å². The summed E-state index contributed by atoms with van der Waals surface area (Å²) in [7, 11) is 1.56. The average molecular weight is 198 g/mol. The fourth-order valence-corrected chi connectivity index (χ4v) is 0.399. The van der Waals surface area contributed by atoms with Gasteiger partial charge in [-0.25, -0.2) is 0 Å². The number of esters is 1. The van der Waals surface area contributed by atoms with Crippen LogP contribution < -0.4 is 5.73 Å². The second-order valence-corrected chi connectivity index (χ2v) is 2.47. The van der Waals surface area contributed by atoms with Crippen LogP contribution >= 0.6 is 12.4 Å². The van der Waals surface area contributed by atoms with Gasteiger partial charge in [0.25, 0.3) is 0 Å². The van der Waals surface area contributed by atoms with Gasteiger partial charge in [0.05, 0.1) is 6.10 Å². The van der Waals surface area contributed by atoms with E-state index in [0.29, 0.717) is 0 Å². The van der Waals surface area contributed by atoms with Crippen LogP contribution in [-0.2, 0) is 14.3 Å². The number of carbonyl (C=O) groups excluding carboxylic acids is 1. The minimum Gasteiger partial charge on any atom is -0.462 e. The van der Waals surface area contributed by atoms with Gasteiger partial charge >= 0.3 is 5.97 Å². The van der Waals surface area contributed by atoms with E-state index in [2.05, 4.69) is 0 Å². The lowest BCUT2D eigenvalue weighted by molar-refractivity contribution is -0.147. The largest absolute Gasteiger partial charge is 0.462 e. The quantitative estimate of drug-likeness (QED) is 0.660. The number of rotatable bonds is 4. The van der Waals surface area contributed by atoms with Crippen LogP contribution in [0.1, 0.15) is 13.8 Å². The molecule has 0 aliphatic heterocycles. The Kier molecular flexibility index (Phi) is 8.69. The first-order valence-electron chi connectivity index (χ1n) is 3.53. The van der Waals surface area contributed by atoms with Gasteiger partial charge in [-0.15, -0.1) is 12.4 Å². The van der Waals surface area contributed by atoms with Crippen molar-refractivity contribution in [3.8, 4) is 0 Å². The van der Waals surface area contributed by atoms with E-state index >= 15 is 0 Å². The number of halogens is 1. The van der Waals surface area contributed by atoms with Crippen molar-refractivity contribution in [3.63, 3.8) is 0 Å². The maximum Gasteiger partial charge on any atom is 0.322 e. The predicted octanol–water partition coefficient (Wildman–Crippen LogP) is 0.333. The summed E-state index contributed by atoms with van der Waals surface area (Å²) in [6.45, 7) is 3.66. The van der Waals surface area contributed by atoms with Crippen LogP contribution in [0.4, 0.5) is 0 Å². The number of carbonyl (C=O) groups is 1. The zero-order valence-electron chi connectivity index (χ0n) is 7.57. The Labute approximate surface area is 78.8 Å². The van der Waals surface area contributed by atoms with Gasteiger partial charge in [-0.3, -0.25) is 4.79 Å². The van der Waals surface area contributed by atoms with Gasteiger partial charge in [0.15, 0.2) is 0 Å². The first-order chi connectivity index (χ1) is 5.07. The minimum atomic E-state index is -0.556. The van der Waals surface area contributed by atoms with E-state index in [0.717, 1.165) is 0 Å². The third kappa shape index (κ3) is 6.39. The number of hydrogen-bond donors (Lipinski definition) is 1. The highest BCUT2D eigenvalue weighted by molar-refractivity contribution is 5.85. The van der Waals surface area contributed by atoms with E-state index in [4.69, 9.17) is 15.2 Å². The topological polar surface area (TPSA) is 61.5 Å².